The molecule has 0 saturated carbocycles. The lowest BCUT2D eigenvalue weighted by molar-refractivity contribution is 0.149. The van der Waals surface area contributed by atoms with Crippen LogP contribution >= 0.6 is 0 Å². The van der Waals surface area contributed by atoms with Crippen LogP contribution in [0.3, 0.4) is 0 Å². The van der Waals surface area contributed by atoms with Gasteiger partial charge in [0, 0.05) is 20.2 Å². The summed E-state index contributed by atoms with van der Waals surface area (Å²) in [6, 6.07) is -0.207. The summed E-state index contributed by atoms with van der Waals surface area (Å²) in [7, 11) is -0.331. The molecule has 13 heavy (non-hydrogen) atoms. The molecule has 0 radical (unpaired) electrons. The van der Waals surface area contributed by atoms with Gasteiger partial charge in [-0.15, -0.1) is 0 Å². The van der Waals surface area contributed by atoms with Crippen LogP contribution < -0.4 is 0 Å². The Kier molecular flexibility index (Phi) is 5.46. The van der Waals surface area contributed by atoms with Crippen molar-refractivity contribution in [3.8, 4) is 0 Å². The first-order valence-corrected chi connectivity index (χ1v) is 5.62. The maximum Gasteiger partial charge on any atom is 0.216 e. The van der Waals surface area contributed by atoms with Gasteiger partial charge in [0.05, 0.1) is 19.0 Å². The van der Waals surface area contributed by atoms with E-state index < -0.39 is 10.0 Å². The predicted octanol–water partition coefficient (Wildman–Crippen LogP) is -0.725. The lowest BCUT2D eigenvalue weighted by Gasteiger charge is -2.23. The third kappa shape index (κ3) is 4.04. The zero-order valence-corrected chi connectivity index (χ0v) is 9.04. The molecule has 1 N–H and O–H groups in total. The number of rotatable bonds is 6. The smallest absolute Gasteiger partial charge is 0.216 e. The molecule has 0 aliphatic rings. The molecule has 0 aromatic rings. The number of methoxy groups -OCH3 is 1. The van der Waals surface area contributed by atoms with Crippen molar-refractivity contribution < 1.29 is 18.3 Å². The number of hydrogen-bond acceptors (Lipinski definition) is 4. The van der Waals surface area contributed by atoms with Gasteiger partial charge in [0.25, 0.3) is 0 Å². The number of likely N-dealkylation sites (N-methyl/N-ethyl adjacent to an activating group) is 1. The summed E-state index contributed by atoms with van der Waals surface area (Å²) < 4.78 is 28.8. The second kappa shape index (κ2) is 5.54. The summed E-state index contributed by atoms with van der Waals surface area (Å²) in [4.78, 5) is 0. The third-order valence-electron chi connectivity index (χ3n) is 1.82. The molecule has 0 bridgehead atoms. The van der Waals surface area contributed by atoms with Crippen LogP contribution in [0.1, 0.15) is 6.92 Å². The van der Waals surface area contributed by atoms with Gasteiger partial charge in [-0.3, -0.25) is 0 Å². The number of aliphatic hydroxyl groups excluding tert-OH is 1. The van der Waals surface area contributed by atoms with E-state index in [1.165, 1.54) is 18.5 Å². The van der Waals surface area contributed by atoms with Gasteiger partial charge in [-0.25, -0.2) is 8.42 Å². The van der Waals surface area contributed by atoms with Gasteiger partial charge in [-0.1, -0.05) is 0 Å². The first-order valence-electron chi connectivity index (χ1n) is 4.01. The largest absolute Gasteiger partial charge is 0.395 e. The summed E-state index contributed by atoms with van der Waals surface area (Å²) in [6.45, 7) is 1.74. The first kappa shape index (κ1) is 12.8. The average Bonchev–Trinajstić information content (AvgIpc) is 2.03. The van der Waals surface area contributed by atoms with E-state index in [4.69, 9.17) is 9.84 Å². The molecule has 0 saturated heterocycles. The van der Waals surface area contributed by atoms with E-state index in [1.54, 1.807) is 6.92 Å². The van der Waals surface area contributed by atoms with Crippen LogP contribution in [0.25, 0.3) is 0 Å². The minimum Gasteiger partial charge on any atom is -0.395 e. The Morgan fingerprint density at radius 3 is 2.46 bits per heavy atom. The third-order valence-corrected chi connectivity index (χ3v) is 3.75. The SMILES string of the molecule is COCC(C)N(C)S(=O)(=O)CCO. The molecule has 0 rings (SSSR count). The minimum absolute atomic E-state index is 0.207. The van der Waals surface area contributed by atoms with E-state index in [1.807, 2.05) is 0 Å². The maximum absolute atomic E-state index is 11.4. The van der Waals surface area contributed by atoms with Gasteiger partial charge >= 0.3 is 0 Å². The van der Waals surface area contributed by atoms with Crippen LogP contribution in [0, 0.1) is 0 Å². The number of nitrogens with zero attached hydrogens (tertiary/aromatic N) is 1. The summed E-state index contributed by atoms with van der Waals surface area (Å²) in [5.41, 5.74) is 0. The summed E-state index contributed by atoms with van der Waals surface area (Å²) >= 11 is 0. The van der Waals surface area contributed by atoms with Gasteiger partial charge in [0.15, 0.2) is 0 Å². The van der Waals surface area contributed by atoms with Crippen molar-refractivity contribution in [3.05, 3.63) is 0 Å². The van der Waals surface area contributed by atoms with Crippen molar-refractivity contribution in [3.63, 3.8) is 0 Å². The molecule has 0 fully saturated rings. The summed E-state index contributed by atoms with van der Waals surface area (Å²) in [5, 5.41) is 8.53. The highest BCUT2D eigenvalue weighted by Gasteiger charge is 2.22. The molecule has 1 atom stereocenters. The van der Waals surface area contributed by atoms with Gasteiger partial charge in [-0.05, 0) is 6.92 Å². The second-order valence-electron chi connectivity index (χ2n) is 2.86. The quantitative estimate of drug-likeness (QED) is 0.629. The van der Waals surface area contributed by atoms with Gasteiger partial charge in [0.2, 0.25) is 10.0 Å². The molecule has 0 aliphatic heterocycles. The monoisotopic (exact) mass is 211 g/mol. The highest BCUT2D eigenvalue weighted by Crippen LogP contribution is 2.04. The zero-order valence-electron chi connectivity index (χ0n) is 8.23. The average molecular weight is 211 g/mol. The Hall–Kier alpha value is -0.170. The molecular weight excluding hydrogens is 194 g/mol. The van der Waals surface area contributed by atoms with E-state index in [0.29, 0.717) is 6.61 Å². The van der Waals surface area contributed by atoms with Crippen molar-refractivity contribution in [2.75, 3.05) is 33.1 Å². The van der Waals surface area contributed by atoms with Crippen LogP contribution in [0.4, 0.5) is 0 Å². The van der Waals surface area contributed by atoms with Crippen molar-refractivity contribution in [2.24, 2.45) is 0 Å². The standard InChI is InChI=1S/C7H17NO4S/c1-7(6-12-3)8(2)13(10,11)5-4-9/h7,9H,4-6H2,1-3H3. The molecule has 0 amide bonds. The number of sulfonamides is 1. The molecule has 80 valence electrons. The fourth-order valence-electron chi connectivity index (χ4n) is 0.880. The van der Waals surface area contributed by atoms with Crippen LogP contribution in [0.15, 0.2) is 0 Å². The topological polar surface area (TPSA) is 66.8 Å². The number of aliphatic hydroxyl groups is 1. The normalized spacial score (nSPS) is 14.8. The Balaban J connectivity index is 4.31. The van der Waals surface area contributed by atoms with E-state index in [2.05, 4.69) is 0 Å². The number of ether oxygens (including phenoxy) is 1. The predicted molar refractivity (Wildman–Crippen MR) is 50.0 cm³/mol. The second-order valence-corrected chi connectivity index (χ2v) is 5.01. The van der Waals surface area contributed by atoms with E-state index >= 15 is 0 Å². The van der Waals surface area contributed by atoms with Crippen LogP contribution in [-0.4, -0.2) is 57.0 Å². The Bertz CT molecular complexity index is 227. The van der Waals surface area contributed by atoms with E-state index in [0.717, 1.165) is 0 Å². The van der Waals surface area contributed by atoms with Crippen molar-refractivity contribution >= 4 is 10.0 Å². The highest BCUT2D eigenvalue weighted by atomic mass is 32.2. The molecule has 0 aromatic heterocycles. The lowest BCUT2D eigenvalue weighted by Crippen LogP contribution is -2.39. The maximum atomic E-state index is 11.4. The van der Waals surface area contributed by atoms with Gasteiger partial charge in [0.1, 0.15) is 0 Å². The molecule has 0 spiro atoms. The van der Waals surface area contributed by atoms with Crippen molar-refractivity contribution in [2.45, 2.75) is 13.0 Å². The molecular formula is C7H17NO4S. The van der Waals surface area contributed by atoms with E-state index in [9.17, 15) is 8.42 Å². The zero-order chi connectivity index (χ0) is 10.5. The fraction of sp³-hybridized carbons (Fsp3) is 1.00. The molecule has 6 heteroatoms. The van der Waals surface area contributed by atoms with Crippen molar-refractivity contribution in [1.29, 1.82) is 0 Å². The highest BCUT2D eigenvalue weighted by molar-refractivity contribution is 7.89. The van der Waals surface area contributed by atoms with Gasteiger partial charge in [-0.2, -0.15) is 4.31 Å². The Morgan fingerprint density at radius 2 is 2.08 bits per heavy atom. The van der Waals surface area contributed by atoms with Gasteiger partial charge < -0.3 is 9.84 Å². The van der Waals surface area contributed by atoms with Crippen LogP contribution in [-0.2, 0) is 14.8 Å². The Labute approximate surface area is 79.4 Å². The first-order chi connectivity index (χ1) is 5.95. The van der Waals surface area contributed by atoms with E-state index in [-0.39, 0.29) is 18.4 Å². The number of hydrogen-bond donors (Lipinski definition) is 1. The fourth-order valence-corrected chi connectivity index (χ4v) is 2.01. The van der Waals surface area contributed by atoms with Crippen LogP contribution in [0.5, 0.6) is 0 Å². The lowest BCUT2D eigenvalue weighted by atomic mass is 10.4. The molecule has 0 aromatic carbocycles. The minimum atomic E-state index is -3.33. The summed E-state index contributed by atoms with van der Waals surface area (Å²) in [5.74, 6) is -0.239. The Morgan fingerprint density at radius 1 is 1.54 bits per heavy atom. The summed E-state index contributed by atoms with van der Waals surface area (Å²) in [6.07, 6.45) is 0. The van der Waals surface area contributed by atoms with Crippen molar-refractivity contribution in [1.82, 2.24) is 4.31 Å². The molecule has 1 unspecified atom stereocenters. The molecule has 0 aliphatic carbocycles. The molecule has 5 nitrogen and oxygen atoms in total. The molecule has 0 heterocycles. The van der Waals surface area contributed by atoms with Crippen LogP contribution in [0.2, 0.25) is 0 Å².